The number of aliphatic hydroxyl groups is 2. The van der Waals surface area contributed by atoms with E-state index in [1.165, 1.54) is 4.90 Å². The predicted octanol–water partition coefficient (Wildman–Crippen LogP) is -0.267. The van der Waals surface area contributed by atoms with Gasteiger partial charge in [-0.05, 0) is 37.3 Å². The van der Waals surface area contributed by atoms with Crippen molar-refractivity contribution in [3.63, 3.8) is 0 Å². The smallest absolute Gasteiger partial charge is 0.414 e. The van der Waals surface area contributed by atoms with E-state index in [9.17, 15) is 34.2 Å². The van der Waals surface area contributed by atoms with Crippen molar-refractivity contribution in [3.05, 3.63) is 71.8 Å². The molecule has 0 aliphatic carbocycles. The lowest BCUT2D eigenvalue weighted by atomic mass is 9.99. The topological polar surface area (TPSA) is 200 Å². The number of hydrogen-bond donors (Lipinski definition) is 6. The van der Waals surface area contributed by atoms with Crippen LogP contribution in [0, 0.1) is 0 Å². The van der Waals surface area contributed by atoms with Gasteiger partial charge < -0.3 is 36.2 Å². The van der Waals surface area contributed by atoms with Crippen LogP contribution in [0.5, 0.6) is 0 Å². The van der Waals surface area contributed by atoms with Crippen LogP contribution in [0.25, 0.3) is 0 Å². The minimum absolute atomic E-state index is 0.0520. The maximum Gasteiger partial charge on any atom is 0.414 e. The van der Waals surface area contributed by atoms with E-state index in [0.717, 1.165) is 5.56 Å². The number of nitrogens with one attached hydrogen (secondary N) is 3. The first-order valence-electron chi connectivity index (χ1n) is 14.1. The largest absolute Gasteiger partial charge is 0.444 e. The average molecular weight is 598 g/mol. The number of alkyl carbamates (subject to hydrolysis) is 1. The molecule has 1 heterocycles. The predicted molar refractivity (Wildman–Crippen MR) is 155 cm³/mol. The Bertz CT molecular complexity index is 1250. The maximum absolute atomic E-state index is 13.4. The van der Waals surface area contributed by atoms with Gasteiger partial charge in [-0.3, -0.25) is 24.5 Å². The molecule has 0 radical (unpaired) electrons. The zero-order chi connectivity index (χ0) is 31.4. The number of imide groups is 1. The van der Waals surface area contributed by atoms with E-state index < -0.39 is 66.4 Å². The third-order valence-electron chi connectivity index (χ3n) is 6.96. The van der Waals surface area contributed by atoms with E-state index >= 15 is 0 Å². The van der Waals surface area contributed by atoms with Crippen molar-refractivity contribution in [1.82, 2.24) is 20.9 Å². The van der Waals surface area contributed by atoms with Crippen LogP contribution in [-0.2, 0) is 36.9 Å². The van der Waals surface area contributed by atoms with Gasteiger partial charge in [-0.2, -0.15) is 0 Å². The number of aliphatic hydroxyl groups excluding tert-OH is 2. The second-order valence-electron chi connectivity index (χ2n) is 10.5. The average Bonchev–Trinajstić information content (AvgIpc) is 3.50. The van der Waals surface area contributed by atoms with Crippen LogP contribution < -0.4 is 21.7 Å². The van der Waals surface area contributed by atoms with E-state index in [1.54, 1.807) is 61.5 Å². The summed E-state index contributed by atoms with van der Waals surface area (Å²) in [7, 11) is 0. The number of hydrogen-bond acceptors (Lipinski definition) is 9. The van der Waals surface area contributed by atoms with Crippen molar-refractivity contribution < 1.29 is 38.9 Å². The summed E-state index contributed by atoms with van der Waals surface area (Å²) in [6.07, 6.45) is -2.33. The van der Waals surface area contributed by atoms with Crippen molar-refractivity contribution in [2.45, 2.75) is 69.5 Å². The van der Waals surface area contributed by atoms with Crippen molar-refractivity contribution in [2.75, 3.05) is 13.2 Å². The van der Waals surface area contributed by atoms with Crippen LogP contribution in [0.4, 0.5) is 4.79 Å². The first kappa shape index (κ1) is 33.2. The zero-order valence-electron chi connectivity index (χ0n) is 24.0. The molecule has 1 saturated heterocycles. The molecular formula is C30H39N5O8. The van der Waals surface area contributed by atoms with Crippen LogP contribution in [0.3, 0.4) is 0 Å². The Kier molecular flexibility index (Phi) is 12.6. The number of benzene rings is 2. The van der Waals surface area contributed by atoms with Crippen LogP contribution >= 0.6 is 0 Å². The van der Waals surface area contributed by atoms with Crippen LogP contribution in [0.2, 0.25) is 0 Å². The summed E-state index contributed by atoms with van der Waals surface area (Å²) in [6, 6.07) is 13.8. The van der Waals surface area contributed by atoms with Gasteiger partial charge in [0.25, 0.3) is 5.91 Å². The number of likely N-dealkylation sites (tertiary alicyclic amines) is 1. The second-order valence-corrected chi connectivity index (χ2v) is 10.5. The lowest BCUT2D eigenvalue weighted by molar-refractivity contribution is -0.147. The molecule has 43 heavy (non-hydrogen) atoms. The molecule has 13 nitrogen and oxygen atoms in total. The number of amides is 5. The van der Waals surface area contributed by atoms with E-state index in [-0.39, 0.29) is 26.2 Å². The summed E-state index contributed by atoms with van der Waals surface area (Å²) in [6.45, 7) is 1.52. The molecule has 1 fully saturated rings. The van der Waals surface area contributed by atoms with E-state index in [0.29, 0.717) is 18.4 Å². The minimum atomic E-state index is -1.73. The quantitative estimate of drug-likeness (QED) is 0.180. The van der Waals surface area contributed by atoms with Crippen LogP contribution in [0.1, 0.15) is 37.3 Å². The molecule has 1 aliphatic rings. The number of ether oxygens (including phenoxy) is 1. The van der Waals surface area contributed by atoms with Crippen molar-refractivity contribution in [1.29, 1.82) is 0 Å². The van der Waals surface area contributed by atoms with Crippen LogP contribution in [-0.4, -0.2) is 88.3 Å². The number of carbonyl (C=O) groups excluding carboxylic acids is 5. The first-order chi connectivity index (χ1) is 20.6. The number of nitrogens with two attached hydrogens (primary N) is 1. The summed E-state index contributed by atoms with van der Waals surface area (Å²) in [5, 5.41) is 27.6. The molecule has 0 saturated carbocycles. The molecule has 232 valence electrons. The van der Waals surface area contributed by atoms with Gasteiger partial charge in [0.15, 0.2) is 6.10 Å². The molecule has 13 heteroatoms. The van der Waals surface area contributed by atoms with Crippen molar-refractivity contribution in [2.24, 2.45) is 5.73 Å². The third-order valence-corrected chi connectivity index (χ3v) is 6.96. The van der Waals surface area contributed by atoms with Gasteiger partial charge in [0.1, 0.15) is 12.6 Å². The highest BCUT2D eigenvalue weighted by Gasteiger charge is 2.40. The van der Waals surface area contributed by atoms with E-state index in [4.69, 9.17) is 10.5 Å². The fourth-order valence-corrected chi connectivity index (χ4v) is 4.65. The van der Waals surface area contributed by atoms with Crippen LogP contribution in [0.15, 0.2) is 60.7 Å². The lowest BCUT2D eigenvalue weighted by Gasteiger charge is -2.31. The highest BCUT2D eigenvalue weighted by Crippen LogP contribution is 2.20. The van der Waals surface area contributed by atoms with Gasteiger partial charge in [0.2, 0.25) is 17.7 Å². The molecule has 5 atom stereocenters. The molecule has 1 aliphatic heterocycles. The molecule has 2 aromatic rings. The third kappa shape index (κ3) is 10.2. The molecule has 0 aromatic heterocycles. The second kappa shape index (κ2) is 16.3. The lowest BCUT2D eigenvalue weighted by Crippen LogP contribution is -2.58. The van der Waals surface area contributed by atoms with Gasteiger partial charge in [0.05, 0.1) is 25.1 Å². The normalized spacial score (nSPS) is 17.2. The van der Waals surface area contributed by atoms with Gasteiger partial charge >= 0.3 is 6.09 Å². The Morgan fingerprint density at radius 3 is 2.26 bits per heavy atom. The fraction of sp³-hybridized carbons (Fsp3) is 0.433. The summed E-state index contributed by atoms with van der Waals surface area (Å²) < 4.78 is 5.00. The maximum atomic E-state index is 13.4. The summed E-state index contributed by atoms with van der Waals surface area (Å²) in [5.41, 5.74) is 7.37. The SMILES string of the molecule is C[C@@H](CO)NC(=O)[C@@H]1CCCN1C(=O)C(O)C(Cc1ccccc1)NC(=O)[C@@H](N)CC(=O)NC(=O)OCc1ccccc1. The zero-order valence-corrected chi connectivity index (χ0v) is 24.0. The van der Waals surface area contributed by atoms with Gasteiger partial charge in [-0.1, -0.05) is 60.7 Å². The standard InChI is InChI=1S/C30H39N5O8/c1-19(17-36)32-28(40)24-13-8-14-35(24)29(41)26(38)23(15-20-9-4-2-5-10-20)33-27(39)22(31)16-25(37)34-30(42)43-18-21-11-6-3-7-12-21/h2-7,9-12,19,22-24,26,36,38H,8,13-18,31H2,1H3,(H,32,40)(H,33,39)(H,34,37,42)/t19-,22-,23?,24-,26?/m0/s1. The summed E-state index contributed by atoms with van der Waals surface area (Å²) in [5.74, 6) is -2.87. The summed E-state index contributed by atoms with van der Waals surface area (Å²) in [4.78, 5) is 64.7. The molecule has 0 bridgehead atoms. The van der Waals surface area contributed by atoms with Gasteiger partial charge in [0, 0.05) is 12.6 Å². The highest BCUT2D eigenvalue weighted by molar-refractivity contribution is 5.95. The van der Waals surface area contributed by atoms with E-state index in [1.807, 2.05) is 11.4 Å². The molecule has 0 spiro atoms. The Hall–Kier alpha value is -4.33. The molecular weight excluding hydrogens is 558 g/mol. The van der Waals surface area contributed by atoms with Crippen molar-refractivity contribution in [3.8, 4) is 0 Å². The Morgan fingerprint density at radius 2 is 1.63 bits per heavy atom. The minimum Gasteiger partial charge on any atom is -0.444 e. The summed E-state index contributed by atoms with van der Waals surface area (Å²) >= 11 is 0. The monoisotopic (exact) mass is 597 g/mol. The van der Waals surface area contributed by atoms with E-state index in [2.05, 4.69) is 10.6 Å². The number of nitrogens with zero attached hydrogens (tertiary/aromatic N) is 1. The Morgan fingerprint density at radius 1 is 1.00 bits per heavy atom. The molecule has 3 rings (SSSR count). The molecule has 2 aromatic carbocycles. The number of carbonyl (C=O) groups is 5. The fourth-order valence-electron chi connectivity index (χ4n) is 4.65. The van der Waals surface area contributed by atoms with Crippen molar-refractivity contribution >= 4 is 29.7 Å². The number of rotatable bonds is 13. The Balaban J connectivity index is 1.62. The molecule has 7 N–H and O–H groups in total. The molecule has 2 unspecified atom stereocenters. The van der Waals surface area contributed by atoms with Gasteiger partial charge in [-0.25, -0.2) is 4.79 Å². The first-order valence-corrected chi connectivity index (χ1v) is 14.1. The molecule has 5 amide bonds. The highest BCUT2D eigenvalue weighted by atomic mass is 16.5. The van der Waals surface area contributed by atoms with Gasteiger partial charge in [-0.15, -0.1) is 0 Å². The Labute approximate surface area is 249 Å².